The van der Waals surface area contributed by atoms with E-state index in [2.05, 4.69) is 11.3 Å². The number of carbonyl (C=O) groups excluding carboxylic acids is 1. The van der Waals surface area contributed by atoms with Crippen LogP contribution in [0.2, 0.25) is 0 Å². The molecule has 10 heteroatoms. The summed E-state index contributed by atoms with van der Waals surface area (Å²) in [7, 11) is -0.830. The summed E-state index contributed by atoms with van der Waals surface area (Å²) in [4.78, 5) is 15.0. The normalized spacial score (nSPS) is 16.3. The number of amidine groups is 1. The van der Waals surface area contributed by atoms with Crippen LogP contribution in [0.3, 0.4) is 0 Å². The van der Waals surface area contributed by atoms with Crippen molar-refractivity contribution in [1.29, 1.82) is 0 Å². The van der Waals surface area contributed by atoms with Gasteiger partial charge in [0.2, 0.25) is 0 Å². The summed E-state index contributed by atoms with van der Waals surface area (Å²) >= 11 is 1.03. The molecule has 0 aliphatic carbocycles. The van der Waals surface area contributed by atoms with Gasteiger partial charge >= 0.3 is 0 Å². The zero-order valence-corrected chi connectivity index (χ0v) is 21.7. The summed E-state index contributed by atoms with van der Waals surface area (Å²) in [5.74, 6) is 0.881. The first kappa shape index (κ1) is 26.8. The Morgan fingerprint density at radius 2 is 1.80 bits per heavy atom. The standard InChI is InChI=1S/C25H30N2O6S2/c1-4-5-16-33-22-17-19(12-13-21(22)32-3)18-23-24(28)27(14-9-15-31-2)25(34-23)26-35(29,30)20-10-7-6-8-11-20/h6-8,10-13,17-18H,4-5,9,14-16H2,1-3H3/b23-18-,26-25+. The van der Waals surface area contributed by atoms with Crippen LogP contribution >= 0.6 is 11.8 Å². The monoisotopic (exact) mass is 518 g/mol. The van der Waals surface area contributed by atoms with E-state index in [4.69, 9.17) is 14.2 Å². The zero-order chi connectivity index (χ0) is 25.3. The van der Waals surface area contributed by atoms with Crippen LogP contribution in [-0.4, -0.2) is 58.4 Å². The Morgan fingerprint density at radius 3 is 2.49 bits per heavy atom. The highest BCUT2D eigenvalue weighted by Crippen LogP contribution is 2.35. The zero-order valence-electron chi connectivity index (χ0n) is 20.1. The molecule has 0 aromatic heterocycles. The maximum atomic E-state index is 13.2. The van der Waals surface area contributed by atoms with E-state index in [1.165, 1.54) is 17.0 Å². The van der Waals surface area contributed by atoms with Gasteiger partial charge in [-0.05, 0) is 60.5 Å². The lowest BCUT2D eigenvalue weighted by Gasteiger charge is -2.15. The summed E-state index contributed by atoms with van der Waals surface area (Å²) in [6, 6.07) is 13.3. The van der Waals surface area contributed by atoms with Crippen LogP contribution < -0.4 is 9.47 Å². The van der Waals surface area contributed by atoms with Crippen molar-refractivity contribution >= 4 is 38.9 Å². The first-order chi connectivity index (χ1) is 16.9. The molecule has 0 saturated carbocycles. The van der Waals surface area contributed by atoms with E-state index in [1.54, 1.807) is 50.6 Å². The molecule has 1 heterocycles. The van der Waals surface area contributed by atoms with Gasteiger partial charge in [0.15, 0.2) is 16.7 Å². The smallest absolute Gasteiger partial charge is 0.284 e. The number of sulfonamides is 1. The fourth-order valence-corrected chi connectivity index (χ4v) is 5.49. The number of carbonyl (C=O) groups is 1. The second-order valence-electron chi connectivity index (χ2n) is 7.69. The van der Waals surface area contributed by atoms with Crippen molar-refractivity contribution in [1.82, 2.24) is 4.90 Å². The van der Waals surface area contributed by atoms with Gasteiger partial charge in [0.05, 0.1) is 23.5 Å². The maximum absolute atomic E-state index is 13.2. The van der Waals surface area contributed by atoms with E-state index in [0.29, 0.717) is 36.0 Å². The summed E-state index contributed by atoms with van der Waals surface area (Å²) in [6.45, 7) is 3.36. The van der Waals surface area contributed by atoms with Crippen LogP contribution in [0.5, 0.6) is 11.5 Å². The lowest BCUT2D eigenvalue weighted by Crippen LogP contribution is -2.31. The molecule has 1 saturated heterocycles. The van der Waals surface area contributed by atoms with Crippen molar-refractivity contribution in [2.24, 2.45) is 4.40 Å². The minimum Gasteiger partial charge on any atom is -0.493 e. The van der Waals surface area contributed by atoms with Crippen LogP contribution in [-0.2, 0) is 19.6 Å². The molecular formula is C25H30N2O6S2. The molecule has 1 aliphatic heterocycles. The second-order valence-corrected chi connectivity index (χ2v) is 10.3. The van der Waals surface area contributed by atoms with Crippen molar-refractivity contribution in [2.75, 3.05) is 34.0 Å². The number of benzene rings is 2. The Morgan fingerprint density at radius 1 is 1.03 bits per heavy atom. The van der Waals surface area contributed by atoms with Gasteiger partial charge in [-0.2, -0.15) is 8.42 Å². The molecule has 0 spiro atoms. The van der Waals surface area contributed by atoms with Crippen LogP contribution in [0, 0.1) is 0 Å². The topological polar surface area (TPSA) is 94.5 Å². The lowest BCUT2D eigenvalue weighted by atomic mass is 10.2. The molecular weight excluding hydrogens is 488 g/mol. The predicted molar refractivity (Wildman–Crippen MR) is 138 cm³/mol. The Balaban J connectivity index is 1.93. The highest BCUT2D eigenvalue weighted by Gasteiger charge is 2.34. The van der Waals surface area contributed by atoms with Crippen molar-refractivity contribution in [3.63, 3.8) is 0 Å². The molecule has 0 atom stereocenters. The van der Waals surface area contributed by atoms with Crippen LogP contribution in [0.25, 0.3) is 6.08 Å². The largest absolute Gasteiger partial charge is 0.493 e. The molecule has 0 radical (unpaired) electrons. The number of hydrogen-bond donors (Lipinski definition) is 0. The fourth-order valence-electron chi connectivity index (χ4n) is 3.26. The Bertz CT molecular complexity index is 1180. The third-order valence-corrected chi connectivity index (χ3v) is 7.50. The maximum Gasteiger partial charge on any atom is 0.284 e. The van der Waals surface area contributed by atoms with Gasteiger partial charge in [-0.1, -0.05) is 37.6 Å². The molecule has 188 valence electrons. The molecule has 0 bridgehead atoms. The molecule has 2 aromatic rings. The molecule has 8 nitrogen and oxygen atoms in total. The molecule has 2 aromatic carbocycles. The lowest BCUT2D eigenvalue weighted by molar-refractivity contribution is -0.122. The first-order valence-corrected chi connectivity index (χ1v) is 13.6. The molecule has 0 N–H and O–H groups in total. The second kappa shape index (κ2) is 12.8. The number of unbranched alkanes of at least 4 members (excludes halogenated alkanes) is 1. The van der Waals surface area contributed by atoms with Gasteiger partial charge in [0, 0.05) is 20.3 Å². The van der Waals surface area contributed by atoms with E-state index >= 15 is 0 Å². The van der Waals surface area contributed by atoms with Crippen molar-refractivity contribution in [3.05, 3.63) is 59.0 Å². The van der Waals surface area contributed by atoms with Gasteiger partial charge in [-0.3, -0.25) is 9.69 Å². The highest BCUT2D eigenvalue weighted by atomic mass is 32.2. The number of thioether (sulfide) groups is 1. The van der Waals surface area contributed by atoms with Gasteiger partial charge in [0.25, 0.3) is 15.9 Å². The molecule has 1 aliphatic rings. The Labute approximate surface area is 211 Å². The van der Waals surface area contributed by atoms with E-state index in [0.717, 1.165) is 30.2 Å². The van der Waals surface area contributed by atoms with E-state index in [9.17, 15) is 13.2 Å². The fraction of sp³-hybridized carbons (Fsp3) is 0.360. The summed E-state index contributed by atoms with van der Waals surface area (Å²) in [5, 5.41) is 0.120. The van der Waals surface area contributed by atoms with Crippen LogP contribution in [0.1, 0.15) is 31.7 Å². The molecule has 0 unspecified atom stereocenters. The Hall–Kier alpha value is -2.82. The average Bonchev–Trinajstić information content (AvgIpc) is 3.13. The molecule has 1 fully saturated rings. The van der Waals surface area contributed by atoms with Crippen LogP contribution in [0.4, 0.5) is 0 Å². The van der Waals surface area contributed by atoms with Crippen LogP contribution in [0.15, 0.2) is 62.7 Å². The van der Waals surface area contributed by atoms with Crippen molar-refractivity contribution in [3.8, 4) is 11.5 Å². The number of amides is 1. The number of rotatable bonds is 12. The van der Waals surface area contributed by atoms with Gasteiger partial charge in [0.1, 0.15) is 0 Å². The highest BCUT2D eigenvalue weighted by molar-refractivity contribution is 8.19. The van der Waals surface area contributed by atoms with E-state index in [1.807, 2.05) is 6.07 Å². The minimum absolute atomic E-state index is 0.0684. The molecule has 3 rings (SSSR count). The summed E-state index contributed by atoms with van der Waals surface area (Å²) < 4.78 is 46.1. The number of methoxy groups -OCH3 is 2. The third kappa shape index (κ3) is 7.09. The summed E-state index contributed by atoms with van der Waals surface area (Å²) in [5.41, 5.74) is 0.733. The Kier molecular flexibility index (Phi) is 9.76. The molecule has 35 heavy (non-hydrogen) atoms. The van der Waals surface area contributed by atoms with Gasteiger partial charge < -0.3 is 14.2 Å². The van der Waals surface area contributed by atoms with Crippen molar-refractivity contribution in [2.45, 2.75) is 31.1 Å². The molecule has 1 amide bonds. The quantitative estimate of drug-likeness (QED) is 0.300. The van der Waals surface area contributed by atoms with E-state index < -0.39 is 10.0 Å². The number of nitrogens with zero attached hydrogens (tertiary/aromatic N) is 2. The van der Waals surface area contributed by atoms with Gasteiger partial charge in [-0.15, -0.1) is 4.40 Å². The SMILES string of the molecule is CCCCOc1cc(/C=C2\S/C(=N/S(=O)(=O)c3ccccc3)N(CCCOC)C2=O)ccc1OC. The average molecular weight is 519 g/mol. The summed E-state index contributed by atoms with van der Waals surface area (Å²) in [6.07, 6.45) is 4.16. The number of hydrogen-bond acceptors (Lipinski definition) is 7. The van der Waals surface area contributed by atoms with Gasteiger partial charge in [-0.25, -0.2) is 0 Å². The van der Waals surface area contributed by atoms with Crippen molar-refractivity contribution < 1.29 is 27.4 Å². The first-order valence-electron chi connectivity index (χ1n) is 11.3. The van der Waals surface area contributed by atoms with E-state index in [-0.39, 0.29) is 22.5 Å². The predicted octanol–water partition coefficient (Wildman–Crippen LogP) is 4.57. The minimum atomic E-state index is -3.98. The third-order valence-electron chi connectivity index (χ3n) is 5.10. The number of ether oxygens (including phenoxy) is 3.